The summed E-state index contributed by atoms with van der Waals surface area (Å²) in [7, 11) is 0. The number of terminal acetylenes is 4. The van der Waals surface area contributed by atoms with Crippen LogP contribution >= 0.6 is 24.4 Å². The summed E-state index contributed by atoms with van der Waals surface area (Å²) < 4.78 is 0. The van der Waals surface area contributed by atoms with Crippen LogP contribution in [0.3, 0.4) is 0 Å². The summed E-state index contributed by atoms with van der Waals surface area (Å²) in [6, 6.07) is -0.367. The van der Waals surface area contributed by atoms with E-state index >= 15 is 0 Å². The first-order valence-corrected chi connectivity index (χ1v) is 21.6. The first kappa shape index (κ1) is 58.8. The van der Waals surface area contributed by atoms with Gasteiger partial charge in [0.1, 0.15) is 24.4 Å². The summed E-state index contributed by atoms with van der Waals surface area (Å²) in [5.74, 6) is 88.7. The lowest BCUT2D eigenvalue weighted by atomic mass is 10.0. The van der Waals surface area contributed by atoms with E-state index in [4.69, 9.17) is 50.1 Å². The molecule has 70 heavy (non-hydrogen) atoms. The third-order valence-corrected chi connectivity index (χ3v) is 8.97. The van der Waals surface area contributed by atoms with Gasteiger partial charge in [-0.1, -0.05) is 48.1 Å². The Balaban J connectivity index is 2.90. The van der Waals surface area contributed by atoms with Crippen LogP contribution in [0, 0.1) is 239 Å². The normalized spacial score (nSPS) is 12.8. The molecule has 1 aliphatic heterocycles. The van der Waals surface area contributed by atoms with E-state index in [1.165, 1.54) is 0 Å². The molecule has 0 spiro atoms. The minimum atomic E-state index is -1.08. The van der Waals surface area contributed by atoms with Crippen LogP contribution in [0.5, 0.6) is 0 Å². The van der Waals surface area contributed by atoms with Gasteiger partial charge in [-0.05, 0) is 241 Å². The minimum absolute atomic E-state index is 0.111. The van der Waals surface area contributed by atoms with E-state index in [9.17, 15) is 20.4 Å². The van der Waals surface area contributed by atoms with Crippen LogP contribution in [0.1, 0.15) is 38.5 Å². The van der Waals surface area contributed by atoms with Gasteiger partial charge >= 0.3 is 0 Å². The van der Waals surface area contributed by atoms with E-state index in [0.29, 0.717) is 48.7 Å². The van der Waals surface area contributed by atoms with Crippen molar-refractivity contribution in [2.24, 2.45) is 0 Å². The highest BCUT2D eigenvalue weighted by molar-refractivity contribution is 7.81. The average Bonchev–Trinajstić information content (AvgIpc) is 3.33. The molecule has 0 aromatic carbocycles. The van der Waals surface area contributed by atoms with Crippen molar-refractivity contribution in [2.75, 3.05) is 39.3 Å². The summed E-state index contributed by atoms with van der Waals surface area (Å²) in [4.78, 5) is 4.98. The SMILES string of the molecule is C#CC#CC#CC#CC#CC(O)CN(CCCCC1NC(=S)C(CCCCN(CC(O)C#CC#CC#CC#CC#C)CC(O)C#CC#CC#CC#CC#C)NC1=S)CC(O)C#CC#CC#CC#CC#C. The molecule has 0 radical (unpaired) electrons. The Bertz CT molecular complexity index is 2760. The molecule has 6 N–H and O–H groups in total. The maximum absolute atomic E-state index is 10.6. The van der Waals surface area contributed by atoms with Crippen LogP contribution in [0.15, 0.2) is 0 Å². The predicted molar refractivity (Wildman–Crippen MR) is 283 cm³/mol. The number of piperazine rings is 1. The maximum atomic E-state index is 10.6. The van der Waals surface area contributed by atoms with Gasteiger partial charge < -0.3 is 31.1 Å². The standard InChI is InChI=1S/C60H40N4O4S2/c1-5-9-13-17-21-25-29-33-41-53(65)49-63(50-54(66)42-34-30-26-22-18-14-10-6-2)47-39-37-45-57-59(69)62-58(60(70)61-57)46-38-40-48-64(51-55(67)43-35-31-27-23-19-15-11-7-3)52-56(68)44-36-32-28-24-20-16-12-8-4/h1-4,53-58,65-68H,37-40,45-52H2,(H,61,70)(H,62,69). The van der Waals surface area contributed by atoms with Crippen molar-refractivity contribution in [3.05, 3.63) is 0 Å². The first-order valence-electron chi connectivity index (χ1n) is 20.8. The van der Waals surface area contributed by atoms with Crippen molar-refractivity contribution in [3.63, 3.8) is 0 Å². The fourth-order valence-electron chi connectivity index (χ4n) is 5.37. The van der Waals surface area contributed by atoms with Gasteiger partial charge in [0.2, 0.25) is 0 Å². The molecule has 1 fully saturated rings. The number of aliphatic hydroxyl groups excluding tert-OH is 4. The predicted octanol–water partition coefficient (Wildman–Crippen LogP) is -0.453. The van der Waals surface area contributed by atoms with E-state index in [2.05, 4.69) is 224 Å². The molecule has 1 saturated heterocycles. The van der Waals surface area contributed by atoms with E-state index < -0.39 is 24.4 Å². The van der Waals surface area contributed by atoms with Gasteiger partial charge in [0.05, 0.1) is 22.1 Å². The zero-order valence-electron chi connectivity index (χ0n) is 37.8. The van der Waals surface area contributed by atoms with E-state index in [1.54, 1.807) is 0 Å². The van der Waals surface area contributed by atoms with Gasteiger partial charge in [-0.15, -0.1) is 25.7 Å². The number of hydrogen-bond acceptors (Lipinski definition) is 8. The molecule has 6 unspecified atom stereocenters. The summed E-state index contributed by atoms with van der Waals surface area (Å²) in [6.07, 6.45) is 20.1. The fourth-order valence-corrected chi connectivity index (χ4v) is 6.01. The maximum Gasteiger partial charge on any atom is 0.128 e. The highest BCUT2D eigenvalue weighted by atomic mass is 32.1. The van der Waals surface area contributed by atoms with Gasteiger partial charge in [0.15, 0.2) is 0 Å². The Morgan fingerprint density at radius 2 is 0.571 bits per heavy atom. The fraction of sp³-hybridized carbons (Fsp3) is 0.300. The molecule has 8 nitrogen and oxygen atoms in total. The molecule has 0 aromatic rings. The van der Waals surface area contributed by atoms with Crippen LogP contribution < -0.4 is 10.6 Å². The summed E-state index contributed by atoms with van der Waals surface area (Å²) in [5, 5.41) is 49.4. The molecule has 0 saturated carbocycles. The Morgan fingerprint density at radius 1 is 0.357 bits per heavy atom. The van der Waals surface area contributed by atoms with E-state index in [-0.39, 0.29) is 38.3 Å². The Labute approximate surface area is 426 Å². The van der Waals surface area contributed by atoms with Gasteiger partial charge in [-0.2, -0.15) is 0 Å². The lowest BCUT2D eigenvalue weighted by Gasteiger charge is -2.34. The molecular weight excluding hydrogens is 905 g/mol. The molecule has 0 bridgehead atoms. The van der Waals surface area contributed by atoms with Crippen molar-refractivity contribution < 1.29 is 20.4 Å². The minimum Gasteiger partial charge on any atom is -0.379 e. The van der Waals surface area contributed by atoms with Crippen molar-refractivity contribution in [1.29, 1.82) is 0 Å². The Hall–Kier alpha value is -9.26. The summed E-state index contributed by atoms with van der Waals surface area (Å²) in [5.41, 5.74) is 0. The molecule has 1 rings (SSSR count). The topological polar surface area (TPSA) is 111 Å². The third kappa shape index (κ3) is 33.3. The zero-order valence-corrected chi connectivity index (χ0v) is 39.4. The van der Waals surface area contributed by atoms with Crippen LogP contribution in [0.4, 0.5) is 0 Å². The molecule has 6 atom stereocenters. The summed E-state index contributed by atoms with van der Waals surface area (Å²) in [6.45, 7) is 1.44. The third-order valence-electron chi connectivity index (χ3n) is 8.17. The van der Waals surface area contributed by atoms with Crippen LogP contribution in [-0.4, -0.2) is 116 Å². The zero-order chi connectivity index (χ0) is 51.1. The summed E-state index contributed by atoms with van der Waals surface area (Å²) >= 11 is 11.5. The van der Waals surface area contributed by atoms with Gasteiger partial charge in [0.25, 0.3) is 0 Å². The second-order valence-corrected chi connectivity index (χ2v) is 14.2. The number of unbranched alkanes of at least 4 members (excludes halogenated alkanes) is 2. The molecule has 0 aromatic heterocycles. The van der Waals surface area contributed by atoms with Crippen LogP contribution in [-0.2, 0) is 0 Å². The quantitative estimate of drug-likeness (QED) is 0.0615. The highest BCUT2D eigenvalue weighted by Crippen LogP contribution is 2.14. The van der Waals surface area contributed by atoms with Crippen molar-refractivity contribution in [2.45, 2.75) is 75.0 Å². The number of aliphatic hydroxyl groups is 4. The molecule has 0 amide bonds. The average molecular weight is 945 g/mol. The van der Waals surface area contributed by atoms with Crippen molar-refractivity contribution in [1.82, 2.24) is 20.4 Å². The number of nitrogens with zero attached hydrogens (tertiary/aromatic N) is 2. The second-order valence-electron chi connectivity index (χ2n) is 13.4. The molecule has 10 heteroatoms. The van der Waals surface area contributed by atoms with Gasteiger partial charge in [0, 0.05) is 26.2 Å². The molecule has 1 aliphatic rings. The van der Waals surface area contributed by atoms with Crippen LogP contribution in [0.2, 0.25) is 0 Å². The van der Waals surface area contributed by atoms with Gasteiger partial charge in [-0.3, -0.25) is 9.80 Å². The van der Waals surface area contributed by atoms with E-state index in [0.717, 1.165) is 12.8 Å². The van der Waals surface area contributed by atoms with Crippen LogP contribution in [0.25, 0.3) is 0 Å². The lowest BCUT2D eigenvalue weighted by Crippen LogP contribution is -2.60. The Kier molecular flexibility index (Phi) is 34.6. The second kappa shape index (κ2) is 41.2. The number of thiocarbonyl (C=S) groups is 2. The molecule has 336 valence electrons. The lowest BCUT2D eigenvalue weighted by molar-refractivity contribution is 0.110. The van der Waals surface area contributed by atoms with E-state index in [1.807, 2.05) is 9.80 Å². The van der Waals surface area contributed by atoms with Gasteiger partial charge in [-0.25, -0.2) is 0 Å². The Morgan fingerprint density at radius 3 is 0.800 bits per heavy atom. The smallest absolute Gasteiger partial charge is 0.128 e. The van der Waals surface area contributed by atoms with Crippen molar-refractivity contribution >= 4 is 34.4 Å². The molecule has 1 heterocycles. The monoisotopic (exact) mass is 944 g/mol. The highest BCUT2D eigenvalue weighted by Gasteiger charge is 2.28. The molecule has 0 aliphatic carbocycles. The number of nitrogens with one attached hydrogen (secondary N) is 2. The first-order chi connectivity index (χ1) is 34.1. The van der Waals surface area contributed by atoms with Crippen molar-refractivity contribution in [3.8, 4) is 239 Å². The molecular formula is C60H40N4O4S2. The number of rotatable bonds is 18. The largest absolute Gasteiger partial charge is 0.379 e. The number of hydrogen-bond donors (Lipinski definition) is 6.